The van der Waals surface area contributed by atoms with Crippen molar-refractivity contribution >= 4 is 0 Å². The smallest absolute Gasteiger partial charge is 0.0568 e. The van der Waals surface area contributed by atoms with Crippen LogP contribution in [0.25, 0.3) is 0 Å². The molecule has 0 radical (unpaired) electrons. The molecule has 1 rings (SSSR count). The molecule has 0 aromatic carbocycles. The van der Waals surface area contributed by atoms with Crippen LogP contribution in [0.4, 0.5) is 0 Å². The van der Waals surface area contributed by atoms with Crippen LogP contribution in [0.3, 0.4) is 0 Å². The monoisotopic (exact) mass is 198 g/mol. The third kappa shape index (κ3) is 3.61. The molecule has 1 aliphatic carbocycles. The lowest BCUT2D eigenvalue weighted by Crippen LogP contribution is -2.30. The third-order valence-corrected chi connectivity index (χ3v) is 3.52. The van der Waals surface area contributed by atoms with E-state index in [9.17, 15) is 5.11 Å². The molecule has 1 N–H and O–H groups in total. The Labute approximate surface area is 88.9 Å². The minimum atomic E-state index is -0.00879. The predicted octanol–water partition coefficient (Wildman–Crippen LogP) is 3.61. The molecule has 0 heterocycles. The highest BCUT2D eigenvalue weighted by Crippen LogP contribution is 2.35. The van der Waals surface area contributed by atoms with Crippen LogP contribution in [-0.2, 0) is 0 Å². The fourth-order valence-corrected chi connectivity index (χ4v) is 2.87. The Balaban J connectivity index is 2.38. The Morgan fingerprint density at radius 1 is 1.29 bits per heavy atom. The normalized spacial score (nSPS) is 33.6. The highest BCUT2D eigenvalue weighted by atomic mass is 16.3. The molecule has 3 atom stereocenters. The SMILES string of the molecule is CCCC1CCC(O)C(CC(C)C)C1. The maximum absolute atomic E-state index is 9.90. The summed E-state index contributed by atoms with van der Waals surface area (Å²) in [6, 6.07) is 0. The Hall–Kier alpha value is -0.0400. The summed E-state index contributed by atoms with van der Waals surface area (Å²) in [4.78, 5) is 0. The predicted molar refractivity (Wildman–Crippen MR) is 61.2 cm³/mol. The van der Waals surface area contributed by atoms with E-state index in [-0.39, 0.29) is 6.10 Å². The molecule has 0 amide bonds. The van der Waals surface area contributed by atoms with Gasteiger partial charge in [0.1, 0.15) is 0 Å². The van der Waals surface area contributed by atoms with E-state index in [0.717, 1.165) is 18.3 Å². The van der Waals surface area contributed by atoms with E-state index in [1.807, 2.05) is 0 Å². The van der Waals surface area contributed by atoms with Crippen molar-refractivity contribution in [2.45, 2.75) is 65.4 Å². The topological polar surface area (TPSA) is 20.2 Å². The first kappa shape index (κ1) is 12.0. The first-order chi connectivity index (χ1) is 6.63. The molecule has 0 saturated heterocycles. The molecule has 0 aliphatic heterocycles. The maximum atomic E-state index is 9.90. The van der Waals surface area contributed by atoms with Gasteiger partial charge >= 0.3 is 0 Å². The van der Waals surface area contributed by atoms with Crippen molar-refractivity contribution in [3.63, 3.8) is 0 Å². The van der Waals surface area contributed by atoms with Gasteiger partial charge in [0.2, 0.25) is 0 Å². The van der Waals surface area contributed by atoms with Crippen LogP contribution in [0.1, 0.15) is 59.3 Å². The second-order valence-corrected chi connectivity index (χ2v) is 5.42. The summed E-state index contributed by atoms with van der Waals surface area (Å²) in [5, 5.41) is 9.90. The van der Waals surface area contributed by atoms with E-state index in [4.69, 9.17) is 0 Å². The van der Waals surface area contributed by atoms with E-state index in [0.29, 0.717) is 5.92 Å². The van der Waals surface area contributed by atoms with Gasteiger partial charge in [0, 0.05) is 0 Å². The molecule has 0 aromatic heterocycles. The van der Waals surface area contributed by atoms with E-state index < -0.39 is 0 Å². The molecule has 0 spiro atoms. The van der Waals surface area contributed by atoms with Crippen molar-refractivity contribution < 1.29 is 5.11 Å². The third-order valence-electron chi connectivity index (χ3n) is 3.52. The van der Waals surface area contributed by atoms with Gasteiger partial charge in [-0.15, -0.1) is 0 Å². The van der Waals surface area contributed by atoms with Crippen LogP contribution in [-0.4, -0.2) is 11.2 Å². The highest BCUT2D eigenvalue weighted by molar-refractivity contribution is 4.80. The summed E-state index contributed by atoms with van der Waals surface area (Å²) in [7, 11) is 0. The lowest BCUT2D eigenvalue weighted by molar-refractivity contribution is 0.0358. The number of aliphatic hydroxyl groups is 1. The van der Waals surface area contributed by atoms with Crippen LogP contribution in [0.2, 0.25) is 0 Å². The summed E-state index contributed by atoms with van der Waals surface area (Å²) >= 11 is 0. The molecule has 1 fully saturated rings. The van der Waals surface area contributed by atoms with Crippen molar-refractivity contribution in [1.29, 1.82) is 0 Å². The number of rotatable bonds is 4. The van der Waals surface area contributed by atoms with Crippen molar-refractivity contribution in [3.05, 3.63) is 0 Å². The molecule has 3 unspecified atom stereocenters. The van der Waals surface area contributed by atoms with Crippen LogP contribution in [0.15, 0.2) is 0 Å². The second kappa shape index (κ2) is 5.75. The lowest BCUT2D eigenvalue weighted by atomic mass is 9.75. The minimum Gasteiger partial charge on any atom is -0.393 e. The summed E-state index contributed by atoms with van der Waals surface area (Å²) < 4.78 is 0. The summed E-state index contributed by atoms with van der Waals surface area (Å²) in [6.45, 7) is 6.79. The molecule has 1 nitrogen and oxygen atoms in total. The van der Waals surface area contributed by atoms with Gasteiger partial charge in [-0.05, 0) is 43.4 Å². The average molecular weight is 198 g/mol. The second-order valence-electron chi connectivity index (χ2n) is 5.42. The average Bonchev–Trinajstić information content (AvgIpc) is 2.10. The van der Waals surface area contributed by atoms with E-state index in [1.54, 1.807) is 0 Å². The quantitative estimate of drug-likeness (QED) is 0.731. The molecule has 1 heteroatoms. The standard InChI is InChI=1S/C13H26O/c1-4-5-11-6-7-13(14)12(9-11)8-10(2)3/h10-14H,4-9H2,1-3H3. The van der Waals surface area contributed by atoms with E-state index in [1.165, 1.54) is 32.1 Å². The summed E-state index contributed by atoms with van der Waals surface area (Å²) in [6.07, 6.45) is 7.43. The Morgan fingerprint density at radius 3 is 2.57 bits per heavy atom. The van der Waals surface area contributed by atoms with Gasteiger partial charge in [-0.25, -0.2) is 0 Å². The Morgan fingerprint density at radius 2 is 2.00 bits per heavy atom. The van der Waals surface area contributed by atoms with Crippen molar-refractivity contribution in [2.24, 2.45) is 17.8 Å². The summed E-state index contributed by atoms with van der Waals surface area (Å²) in [5.74, 6) is 2.21. The van der Waals surface area contributed by atoms with Crippen LogP contribution < -0.4 is 0 Å². The van der Waals surface area contributed by atoms with Gasteiger partial charge in [0.15, 0.2) is 0 Å². The molecule has 0 bridgehead atoms. The number of hydrogen-bond acceptors (Lipinski definition) is 1. The summed E-state index contributed by atoms with van der Waals surface area (Å²) in [5.41, 5.74) is 0. The zero-order chi connectivity index (χ0) is 10.6. The highest BCUT2D eigenvalue weighted by Gasteiger charge is 2.28. The first-order valence-electron chi connectivity index (χ1n) is 6.31. The van der Waals surface area contributed by atoms with Gasteiger partial charge < -0.3 is 5.11 Å². The molecule has 14 heavy (non-hydrogen) atoms. The van der Waals surface area contributed by atoms with Gasteiger partial charge in [0.25, 0.3) is 0 Å². The Bertz CT molecular complexity index is 153. The van der Waals surface area contributed by atoms with Crippen LogP contribution >= 0.6 is 0 Å². The number of aliphatic hydroxyl groups excluding tert-OH is 1. The largest absolute Gasteiger partial charge is 0.393 e. The van der Waals surface area contributed by atoms with Crippen molar-refractivity contribution in [2.75, 3.05) is 0 Å². The zero-order valence-electron chi connectivity index (χ0n) is 10.00. The molecular weight excluding hydrogens is 172 g/mol. The minimum absolute atomic E-state index is 0.00879. The molecule has 0 aromatic rings. The first-order valence-corrected chi connectivity index (χ1v) is 6.31. The number of hydrogen-bond donors (Lipinski definition) is 1. The zero-order valence-corrected chi connectivity index (χ0v) is 10.00. The van der Waals surface area contributed by atoms with Crippen molar-refractivity contribution in [3.8, 4) is 0 Å². The lowest BCUT2D eigenvalue weighted by Gasteiger charge is -2.34. The maximum Gasteiger partial charge on any atom is 0.0568 e. The fourth-order valence-electron chi connectivity index (χ4n) is 2.87. The van der Waals surface area contributed by atoms with Gasteiger partial charge in [-0.1, -0.05) is 33.6 Å². The molecule has 1 aliphatic rings. The van der Waals surface area contributed by atoms with Gasteiger partial charge in [-0.3, -0.25) is 0 Å². The fraction of sp³-hybridized carbons (Fsp3) is 1.00. The van der Waals surface area contributed by atoms with Crippen molar-refractivity contribution in [1.82, 2.24) is 0 Å². The van der Waals surface area contributed by atoms with Gasteiger partial charge in [0.05, 0.1) is 6.10 Å². The molecule has 84 valence electrons. The van der Waals surface area contributed by atoms with Crippen LogP contribution in [0, 0.1) is 17.8 Å². The van der Waals surface area contributed by atoms with Gasteiger partial charge in [-0.2, -0.15) is 0 Å². The van der Waals surface area contributed by atoms with Crippen LogP contribution in [0.5, 0.6) is 0 Å². The van der Waals surface area contributed by atoms with E-state index >= 15 is 0 Å². The Kier molecular flexibility index (Phi) is 4.94. The molecule has 1 saturated carbocycles. The van der Waals surface area contributed by atoms with E-state index in [2.05, 4.69) is 20.8 Å². The molecular formula is C13H26O.